The lowest BCUT2D eigenvalue weighted by molar-refractivity contribution is -0.143. The van der Waals surface area contributed by atoms with Gasteiger partial charge in [0.2, 0.25) is 5.91 Å². The van der Waals surface area contributed by atoms with E-state index in [2.05, 4.69) is 0 Å². The van der Waals surface area contributed by atoms with Gasteiger partial charge < -0.3 is 15.7 Å². The predicted molar refractivity (Wildman–Crippen MR) is 96.3 cm³/mol. The molecule has 0 aliphatic carbocycles. The average molecular weight is 374 g/mol. The lowest BCUT2D eigenvalue weighted by Crippen LogP contribution is -2.48. The first kappa shape index (κ1) is 19.0. The fourth-order valence-electron chi connectivity index (χ4n) is 3.30. The van der Waals surface area contributed by atoms with Crippen molar-refractivity contribution in [3.63, 3.8) is 0 Å². The molecule has 3 N–H and O–H groups in total. The maximum absolute atomic E-state index is 13.3. The Morgan fingerprint density at radius 1 is 1.07 bits per heavy atom. The van der Waals surface area contributed by atoms with Crippen molar-refractivity contribution in [2.24, 2.45) is 5.73 Å². The van der Waals surface area contributed by atoms with Crippen LogP contribution in [0.15, 0.2) is 48.5 Å². The number of amides is 1. The van der Waals surface area contributed by atoms with Crippen LogP contribution < -0.4 is 5.73 Å². The van der Waals surface area contributed by atoms with E-state index in [0.29, 0.717) is 5.56 Å². The summed E-state index contributed by atoms with van der Waals surface area (Å²) < 4.78 is 26.4. The molecule has 1 heterocycles. The molecule has 3 rings (SSSR count). The molecule has 3 atom stereocenters. The topological polar surface area (TPSA) is 83.6 Å². The Morgan fingerprint density at radius 3 is 2.11 bits per heavy atom. The van der Waals surface area contributed by atoms with E-state index in [9.17, 15) is 23.5 Å². The number of likely N-dealkylation sites (tertiary alicyclic amines) is 1. The summed E-state index contributed by atoms with van der Waals surface area (Å²) in [7, 11) is 0. The van der Waals surface area contributed by atoms with Crippen LogP contribution in [0.4, 0.5) is 8.78 Å². The van der Waals surface area contributed by atoms with Gasteiger partial charge >= 0.3 is 5.97 Å². The molecule has 1 aliphatic rings. The number of hydrogen-bond acceptors (Lipinski definition) is 3. The van der Waals surface area contributed by atoms with Crippen LogP contribution in [0.25, 0.3) is 11.1 Å². The van der Waals surface area contributed by atoms with Crippen molar-refractivity contribution in [3.8, 4) is 11.1 Å². The van der Waals surface area contributed by atoms with Crippen LogP contribution in [0, 0.1) is 5.82 Å². The minimum absolute atomic E-state index is 0.0532. The molecule has 1 amide bonds. The molecule has 0 spiro atoms. The third-order valence-corrected chi connectivity index (χ3v) is 4.80. The predicted octanol–water partition coefficient (Wildman–Crippen LogP) is 2.56. The van der Waals surface area contributed by atoms with Crippen LogP contribution in [0.5, 0.6) is 0 Å². The lowest BCUT2D eigenvalue weighted by atomic mass is 9.90. The Hall–Kier alpha value is -2.80. The number of carbonyl (C=O) groups excluding carboxylic acids is 1. The highest BCUT2D eigenvalue weighted by molar-refractivity contribution is 5.90. The van der Waals surface area contributed by atoms with Gasteiger partial charge in [-0.2, -0.15) is 0 Å². The van der Waals surface area contributed by atoms with E-state index in [1.165, 1.54) is 17.0 Å². The first-order valence-corrected chi connectivity index (χ1v) is 8.64. The molecule has 0 saturated carbocycles. The second-order valence-corrected chi connectivity index (χ2v) is 6.64. The van der Waals surface area contributed by atoms with E-state index in [1.54, 1.807) is 36.4 Å². The van der Waals surface area contributed by atoms with Crippen LogP contribution >= 0.6 is 0 Å². The van der Waals surface area contributed by atoms with Gasteiger partial charge in [0.25, 0.3) is 0 Å². The maximum atomic E-state index is 13.3. The van der Waals surface area contributed by atoms with Crippen LogP contribution in [0.2, 0.25) is 0 Å². The van der Waals surface area contributed by atoms with Crippen molar-refractivity contribution in [1.82, 2.24) is 4.90 Å². The highest BCUT2D eigenvalue weighted by Gasteiger charge is 2.37. The lowest BCUT2D eigenvalue weighted by Gasteiger charge is -2.25. The summed E-state index contributed by atoms with van der Waals surface area (Å²) in [6.07, 6.45) is -0.859. The molecular weight excluding hydrogens is 354 g/mol. The van der Waals surface area contributed by atoms with E-state index in [4.69, 9.17) is 5.73 Å². The second kappa shape index (κ2) is 7.84. The Bertz CT molecular complexity index is 824. The van der Waals surface area contributed by atoms with Crippen molar-refractivity contribution < 1.29 is 23.5 Å². The van der Waals surface area contributed by atoms with Crippen molar-refractivity contribution >= 4 is 11.9 Å². The number of alkyl halides is 1. The second-order valence-electron chi connectivity index (χ2n) is 6.64. The Kier molecular flexibility index (Phi) is 5.51. The molecule has 2 aromatic carbocycles. The summed E-state index contributed by atoms with van der Waals surface area (Å²) in [5, 5.41) is 9.59. The third kappa shape index (κ3) is 4.14. The number of carbonyl (C=O) groups is 2. The highest BCUT2D eigenvalue weighted by atomic mass is 19.1. The maximum Gasteiger partial charge on any atom is 0.313 e. The van der Waals surface area contributed by atoms with Crippen molar-refractivity contribution in [2.45, 2.75) is 24.6 Å². The monoisotopic (exact) mass is 374 g/mol. The van der Waals surface area contributed by atoms with E-state index in [1.807, 2.05) is 0 Å². The number of carboxylic acid groups (broad SMARTS) is 1. The zero-order valence-electron chi connectivity index (χ0n) is 14.5. The molecule has 0 radical (unpaired) electrons. The van der Waals surface area contributed by atoms with Crippen LogP contribution in [-0.2, 0) is 9.59 Å². The van der Waals surface area contributed by atoms with Gasteiger partial charge in [0.15, 0.2) is 0 Å². The van der Waals surface area contributed by atoms with Crippen molar-refractivity contribution in [2.75, 3.05) is 13.1 Å². The summed E-state index contributed by atoms with van der Waals surface area (Å²) in [4.78, 5) is 25.5. The number of nitrogens with zero attached hydrogens (tertiary/aromatic N) is 1. The summed E-state index contributed by atoms with van der Waals surface area (Å²) in [6.45, 7) is 0.186. The van der Waals surface area contributed by atoms with E-state index in [0.717, 1.165) is 11.1 Å². The van der Waals surface area contributed by atoms with Crippen LogP contribution in [0.3, 0.4) is 0 Å². The van der Waals surface area contributed by atoms with Crippen LogP contribution in [0.1, 0.15) is 17.9 Å². The molecule has 1 aliphatic heterocycles. The first-order chi connectivity index (χ1) is 12.9. The number of benzene rings is 2. The zero-order valence-corrected chi connectivity index (χ0v) is 14.5. The molecular formula is C20H20F2N2O3. The molecule has 1 saturated heterocycles. The number of hydrogen-bond donors (Lipinski definition) is 2. The van der Waals surface area contributed by atoms with Gasteiger partial charge in [-0.15, -0.1) is 0 Å². The molecule has 0 bridgehead atoms. The molecule has 0 unspecified atom stereocenters. The van der Waals surface area contributed by atoms with Gasteiger partial charge in [-0.3, -0.25) is 9.59 Å². The summed E-state index contributed by atoms with van der Waals surface area (Å²) in [5.41, 5.74) is 7.89. The SMILES string of the molecule is N[C@H](C(=O)N1CC[C@H](F)C1)[C@@H](C(=O)O)c1ccc(-c2ccc(F)cc2)cc1. The summed E-state index contributed by atoms with van der Waals surface area (Å²) in [6, 6.07) is 11.2. The third-order valence-electron chi connectivity index (χ3n) is 4.80. The molecule has 142 valence electrons. The zero-order chi connectivity index (χ0) is 19.6. The summed E-state index contributed by atoms with van der Waals surface area (Å²) in [5.74, 6) is -3.37. The number of aliphatic carboxylic acids is 1. The van der Waals surface area contributed by atoms with Crippen molar-refractivity contribution in [3.05, 3.63) is 59.9 Å². The smallest absolute Gasteiger partial charge is 0.313 e. The number of carboxylic acids is 1. The van der Waals surface area contributed by atoms with Gasteiger partial charge in [0, 0.05) is 6.54 Å². The number of nitrogens with two attached hydrogens (primary N) is 1. The van der Waals surface area contributed by atoms with Gasteiger partial charge in [-0.25, -0.2) is 8.78 Å². The minimum Gasteiger partial charge on any atom is -0.481 e. The fraction of sp³-hybridized carbons (Fsp3) is 0.300. The highest BCUT2D eigenvalue weighted by Crippen LogP contribution is 2.26. The van der Waals surface area contributed by atoms with Gasteiger partial charge in [-0.05, 0) is 35.2 Å². The van der Waals surface area contributed by atoms with Gasteiger partial charge in [0.05, 0.1) is 6.54 Å². The molecule has 1 fully saturated rings. The molecule has 5 nitrogen and oxygen atoms in total. The van der Waals surface area contributed by atoms with Gasteiger partial charge in [-0.1, -0.05) is 36.4 Å². The average Bonchev–Trinajstić information content (AvgIpc) is 3.08. The van der Waals surface area contributed by atoms with E-state index < -0.39 is 30.0 Å². The molecule has 7 heteroatoms. The fourth-order valence-corrected chi connectivity index (χ4v) is 3.30. The Morgan fingerprint density at radius 2 is 1.63 bits per heavy atom. The van der Waals surface area contributed by atoms with Crippen LogP contribution in [-0.4, -0.2) is 47.2 Å². The number of rotatable bonds is 5. The van der Waals surface area contributed by atoms with E-state index >= 15 is 0 Å². The molecule has 2 aromatic rings. The largest absolute Gasteiger partial charge is 0.481 e. The standard InChI is InChI=1S/C20H20F2N2O3/c21-15-7-5-13(6-8-15)12-1-3-14(4-2-12)17(20(26)27)18(23)19(25)24-10-9-16(22)11-24/h1-8,16-18H,9-11,23H2,(H,26,27)/t16-,17-,18-/m0/s1. The minimum atomic E-state index is -1.30. The van der Waals surface area contributed by atoms with Gasteiger partial charge in [0.1, 0.15) is 23.9 Å². The molecule has 0 aromatic heterocycles. The quantitative estimate of drug-likeness (QED) is 0.843. The Labute approximate surface area is 155 Å². The van der Waals surface area contributed by atoms with Crippen molar-refractivity contribution in [1.29, 1.82) is 0 Å². The first-order valence-electron chi connectivity index (χ1n) is 8.64. The number of halogens is 2. The molecule has 27 heavy (non-hydrogen) atoms. The Balaban J connectivity index is 1.81. The summed E-state index contributed by atoms with van der Waals surface area (Å²) >= 11 is 0. The van der Waals surface area contributed by atoms with E-state index in [-0.39, 0.29) is 25.3 Å². The normalized spacial score (nSPS) is 18.9.